The number of hydrogen-bond donors (Lipinski definition) is 1. The Hall–Kier alpha value is -3.26. The molecule has 0 saturated carbocycles. The minimum Gasteiger partial charge on any atom is -0.350 e. The summed E-state index contributed by atoms with van der Waals surface area (Å²) in [5.74, 6) is -0.259. The largest absolute Gasteiger partial charge is 0.350 e. The third-order valence-corrected chi connectivity index (χ3v) is 5.87. The second kappa shape index (κ2) is 11.6. The van der Waals surface area contributed by atoms with E-state index < -0.39 is 0 Å². The van der Waals surface area contributed by atoms with Crippen LogP contribution in [0.15, 0.2) is 59.8 Å². The van der Waals surface area contributed by atoms with E-state index >= 15 is 0 Å². The van der Waals surface area contributed by atoms with E-state index in [1.165, 1.54) is 28.8 Å². The first kappa shape index (κ1) is 24.4. The quantitative estimate of drug-likeness (QED) is 0.376. The third kappa shape index (κ3) is 7.12. The number of thioether (sulfide) groups is 1. The molecule has 0 radical (unpaired) electrons. The molecule has 1 heterocycles. The Labute approximate surface area is 197 Å². The van der Waals surface area contributed by atoms with Crippen molar-refractivity contribution in [3.8, 4) is 0 Å². The van der Waals surface area contributed by atoms with Crippen molar-refractivity contribution >= 4 is 23.6 Å². The highest BCUT2D eigenvalue weighted by atomic mass is 32.2. The van der Waals surface area contributed by atoms with Crippen LogP contribution in [0.5, 0.6) is 0 Å². The lowest BCUT2D eigenvalue weighted by atomic mass is 10.1. The molecule has 3 rings (SSSR count). The maximum absolute atomic E-state index is 13.2. The minimum absolute atomic E-state index is 0.0574. The molecule has 0 aliphatic heterocycles. The normalized spacial score (nSPS) is 10.7. The van der Waals surface area contributed by atoms with Crippen molar-refractivity contribution in [2.24, 2.45) is 0 Å². The molecule has 0 spiro atoms. The predicted molar refractivity (Wildman–Crippen MR) is 127 cm³/mol. The zero-order valence-corrected chi connectivity index (χ0v) is 19.8. The summed E-state index contributed by atoms with van der Waals surface area (Å²) >= 11 is 1.47. The topological polar surface area (TPSA) is 75.2 Å². The fraction of sp³-hybridized carbons (Fsp3) is 0.280. The van der Waals surface area contributed by atoms with Crippen molar-refractivity contribution in [3.63, 3.8) is 0 Å². The minimum atomic E-state index is -0.325. The number of carbonyl (C=O) groups excluding carboxylic acids is 2. The van der Waals surface area contributed by atoms with Crippen LogP contribution in [0.4, 0.5) is 4.39 Å². The number of aryl methyl sites for hydroxylation is 2. The number of carbonyl (C=O) groups is 2. The molecule has 8 heteroatoms. The number of halogens is 1. The first-order valence-corrected chi connectivity index (χ1v) is 11.7. The van der Waals surface area contributed by atoms with Crippen LogP contribution in [-0.4, -0.2) is 39.8 Å². The Morgan fingerprint density at radius 1 is 1.03 bits per heavy atom. The molecule has 1 aromatic heterocycles. The molecular weight excluding hydrogens is 439 g/mol. The standard InChI is InChI=1S/C25H27FN4O2S/c1-4-30(15-23(31)27-14-19-9-11-21(26)12-10-19)24(32)22-8-6-5-7-20(22)16-33-25-28-17(2)13-18(3)29-25/h5-13H,4,14-16H2,1-3H3,(H,27,31). The fourth-order valence-electron chi connectivity index (χ4n) is 3.28. The van der Waals surface area contributed by atoms with E-state index in [2.05, 4.69) is 15.3 Å². The summed E-state index contributed by atoms with van der Waals surface area (Å²) < 4.78 is 13.0. The third-order valence-electron chi connectivity index (χ3n) is 4.97. The average molecular weight is 467 g/mol. The number of benzene rings is 2. The Morgan fingerprint density at radius 2 is 1.70 bits per heavy atom. The number of nitrogens with zero attached hydrogens (tertiary/aromatic N) is 3. The van der Waals surface area contributed by atoms with E-state index in [1.807, 2.05) is 45.0 Å². The van der Waals surface area contributed by atoms with Crippen LogP contribution in [0.3, 0.4) is 0 Å². The van der Waals surface area contributed by atoms with E-state index in [0.717, 1.165) is 22.5 Å². The summed E-state index contributed by atoms with van der Waals surface area (Å²) in [5.41, 5.74) is 4.01. The molecule has 0 unspecified atom stereocenters. The van der Waals surface area contributed by atoms with Crippen molar-refractivity contribution in [1.82, 2.24) is 20.2 Å². The summed E-state index contributed by atoms with van der Waals surface area (Å²) in [6.45, 7) is 6.30. The van der Waals surface area contributed by atoms with E-state index in [4.69, 9.17) is 0 Å². The van der Waals surface area contributed by atoms with Gasteiger partial charge in [0, 0.05) is 35.8 Å². The average Bonchev–Trinajstić information content (AvgIpc) is 2.80. The highest BCUT2D eigenvalue weighted by Crippen LogP contribution is 2.23. The first-order valence-electron chi connectivity index (χ1n) is 10.7. The molecule has 6 nitrogen and oxygen atoms in total. The van der Waals surface area contributed by atoms with E-state index in [1.54, 1.807) is 18.2 Å². The van der Waals surface area contributed by atoms with Gasteiger partial charge in [0.15, 0.2) is 5.16 Å². The molecule has 0 fully saturated rings. The molecule has 0 bridgehead atoms. The number of likely N-dealkylation sites (N-methyl/N-ethyl adjacent to an activating group) is 1. The van der Waals surface area contributed by atoms with E-state index in [9.17, 15) is 14.0 Å². The first-order chi connectivity index (χ1) is 15.9. The summed E-state index contributed by atoms with van der Waals surface area (Å²) in [4.78, 5) is 36.1. The highest BCUT2D eigenvalue weighted by Gasteiger charge is 2.20. The van der Waals surface area contributed by atoms with Crippen LogP contribution in [0, 0.1) is 19.7 Å². The molecule has 33 heavy (non-hydrogen) atoms. The smallest absolute Gasteiger partial charge is 0.254 e. The van der Waals surface area contributed by atoms with Crippen molar-refractivity contribution in [3.05, 3.63) is 88.5 Å². The molecule has 0 saturated heterocycles. The van der Waals surface area contributed by atoms with Crippen LogP contribution in [0.1, 0.15) is 39.8 Å². The predicted octanol–water partition coefficient (Wildman–Crippen LogP) is 4.30. The monoisotopic (exact) mass is 466 g/mol. The van der Waals surface area contributed by atoms with E-state index in [0.29, 0.717) is 23.0 Å². The van der Waals surface area contributed by atoms with Crippen LogP contribution in [-0.2, 0) is 17.1 Å². The van der Waals surface area contributed by atoms with Gasteiger partial charge in [-0.3, -0.25) is 9.59 Å². The number of rotatable bonds is 9. The number of aromatic nitrogens is 2. The van der Waals surface area contributed by atoms with Crippen LogP contribution in [0.2, 0.25) is 0 Å². The molecule has 0 aliphatic rings. The molecule has 2 aromatic carbocycles. The zero-order chi connectivity index (χ0) is 23.8. The second-order valence-corrected chi connectivity index (χ2v) is 8.54. The lowest BCUT2D eigenvalue weighted by molar-refractivity contribution is -0.121. The molecule has 2 amide bonds. The fourth-order valence-corrected chi connectivity index (χ4v) is 4.24. The van der Waals surface area contributed by atoms with Crippen molar-refractivity contribution < 1.29 is 14.0 Å². The Kier molecular flexibility index (Phi) is 8.54. The summed E-state index contributed by atoms with van der Waals surface area (Å²) in [6, 6.07) is 15.2. The molecule has 172 valence electrons. The van der Waals surface area contributed by atoms with Crippen molar-refractivity contribution in [2.45, 2.75) is 38.2 Å². The zero-order valence-electron chi connectivity index (χ0n) is 19.0. The van der Waals surface area contributed by atoms with Gasteiger partial charge in [-0.25, -0.2) is 14.4 Å². The second-order valence-electron chi connectivity index (χ2n) is 7.60. The van der Waals surface area contributed by atoms with Gasteiger partial charge in [0.25, 0.3) is 5.91 Å². The van der Waals surface area contributed by atoms with Gasteiger partial charge in [-0.1, -0.05) is 42.1 Å². The van der Waals surface area contributed by atoms with Gasteiger partial charge in [-0.2, -0.15) is 0 Å². The Balaban J connectivity index is 1.64. The maximum Gasteiger partial charge on any atom is 0.254 e. The van der Waals surface area contributed by atoms with Gasteiger partial charge in [-0.05, 0) is 56.2 Å². The van der Waals surface area contributed by atoms with Crippen LogP contribution in [0.25, 0.3) is 0 Å². The number of nitrogens with one attached hydrogen (secondary N) is 1. The molecule has 0 atom stereocenters. The molecule has 1 N–H and O–H groups in total. The maximum atomic E-state index is 13.2. The molecule has 3 aromatic rings. The lowest BCUT2D eigenvalue weighted by Gasteiger charge is -2.22. The number of amides is 2. The van der Waals surface area contributed by atoms with Gasteiger partial charge in [-0.15, -0.1) is 0 Å². The van der Waals surface area contributed by atoms with Gasteiger partial charge in [0.05, 0.1) is 6.54 Å². The summed E-state index contributed by atoms with van der Waals surface area (Å²) in [7, 11) is 0. The number of hydrogen-bond acceptors (Lipinski definition) is 5. The summed E-state index contributed by atoms with van der Waals surface area (Å²) in [6.07, 6.45) is 0. The Morgan fingerprint density at radius 3 is 2.36 bits per heavy atom. The summed E-state index contributed by atoms with van der Waals surface area (Å²) in [5, 5.41) is 3.45. The van der Waals surface area contributed by atoms with Crippen LogP contribution < -0.4 is 5.32 Å². The molecular formula is C25H27FN4O2S. The van der Waals surface area contributed by atoms with Gasteiger partial charge in [0.1, 0.15) is 5.82 Å². The van der Waals surface area contributed by atoms with E-state index in [-0.39, 0.29) is 30.7 Å². The van der Waals surface area contributed by atoms with Crippen molar-refractivity contribution in [2.75, 3.05) is 13.1 Å². The Bertz CT molecular complexity index is 1100. The lowest BCUT2D eigenvalue weighted by Crippen LogP contribution is -2.40. The van der Waals surface area contributed by atoms with Crippen LogP contribution >= 0.6 is 11.8 Å². The van der Waals surface area contributed by atoms with Gasteiger partial charge >= 0.3 is 0 Å². The van der Waals surface area contributed by atoms with Gasteiger partial charge in [0.2, 0.25) is 5.91 Å². The van der Waals surface area contributed by atoms with Gasteiger partial charge < -0.3 is 10.2 Å². The molecule has 0 aliphatic carbocycles. The SMILES string of the molecule is CCN(CC(=O)NCc1ccc(F)cc1)C(=O)c1ccccc1CSc1nc(C)cc(C)n1. The van der Waals surface area contributed by atoms with Crippen molar-refractivity contribution in [1.29, 1.82) is 0 Å². The highest BCUT2D eigenvalue weighted by molar-refractivity contribution is 7.98.